The Balaban J connectivity index is 2.00. The Kier molecular flexibility index (Phi) is 4.27. The first-order valence-corrected chi connectivity index (χ1v) is 6.55. The van der Waals surface area contributed by atoms with E-state index in [4.69, 9.17) is 4.42 Å². The standard InChI is InChI=1S/C14H14BrNO3/c1-9-3-4-11(6-13(9)15)16-7-12-5-10(8-19-12)14(17)18-2/h3-6,8,16H,7H2,1-2H3. The summed E-state index contributed by atoms with van der Waals surface area (Å²) in [4.78, 5) is 11.3. The summed E-state index contributed by atoms with van der Waals surface area (Å²) in [6.45, 7) is 2.54. The third-order valence-corrected chi connectivity index (χ3v) is 3.57. The Morgan fingerprint density at radius 3 is 2.89 bits per heavy atom. The van der Waals surface area contributed by atoms with E-state index < -0.39 is 5.97 Å². The minimum Gasteiger partial charge on any atom is -0.467 e. The van der Waals surface area contributed by atoms with Gasteiger partial charge in [0.25, 0.3) is 0 Å². The van der Waals surface area contributed by atoms with E-state index in [1.807, 2.05) is 25.1 Å². The summed E-state index contributed by atoms with van der Waals surface area (Å²) in [7, 11) is 1.34. The van der Waals surface area contributed by atoms with Gasteiger partial charge in [-0.1, -0.05) is 22.0 Å². The molecule has 0 aliphatic rings. The van der Waals surface area contributed by atoms with Crippen LogP contribution in [-0.2, 0) is 11.3 Å². The lowest BCUT2D eigenvalue weighted by Crippen LogP contribution is -2.00. The van der Waals surface area contributed by atoms with Gasteiger partial charge in [0.15, 0.2) is 0 Å². The van der Waals surface area contributed by atoms with Crippen molar-refractivity contribution >= 4 is 27.6 Å². The molecule has 5 heteroatoms. The van der Waals surface area contributed by atoms with Crippen LogP contribution in [0.4, 0.5) is 5.69 Å². The summed E-state index contributed by atoms with van der Waals surface area (Å²) < 4.78 is 11.0. The molecule has 19 heavy (non-hydrogen) atoms. The number of carbonyl (C=O) groups excluding carboxylic acids is 1. The maximum Gasteiger partial charge on any atom is 0.341 e. The number of halogens is 1. The third kappa shape index (κ3) is 3.38. The number of hydrogen-bond acceptors (Lipinski definition) is 4. The lowest BCUT2D eigenvalue weighted by Gasteiger charge is -2.06. The van der Waals surface area contributed by atoms with Crippen molar-refractivity contribution in [2.24, 2.45) is 0 Å². The van der Waals surface area contributed by atoms with Crippen molar-refractivity contribution in [1.82, 2.24) is 0 Å². The Labute approximate surface area is 119 Å². The molecule has 0 radical (unpaired) electrons. The molecule has 1 aromatic carbocycles. The molecule has 2 aromatic rings. The van der Waals surface area contributed by atoms with Gasteiger partial charge in [-0.2, -0.15) is 0 Å². The molecule has 100 valence electrons. The number of furan rings is 1. The Hall–Kier alpha value is -1.75. The van der Waals surface area contributed by atoms with Gasteiger partial charge in [-0.05, 0) is 30.7 Å². The summed E-state index contributed by atoms with van der Waals surface area (Å²) in [6.07, 6.45) is 1.40. The molecule has 0 atom stereocenters. The predicted octanol–water partition coefficient (Wildman–Crippen LogP) is 3.75. The number of anilines is 1. The molecule has 0 aliphatic heterocycles. The summed E-state index contributed by atoms with van der Waals surface area (Å²) in [5, 5.41) is 3.22. The van der Waals surface area contributed by atoms with Crippen LogP contribution in [0.5, 0.6) is 0 Å². The van der Waals surface area contributed by atoms with E-state index in [9.17, 15) is 4.79 Å². The highest BCUT2D eigenvalue weighted by Crippen LogP contribution is 2.21. The van der Waals surface area contributed by atoms with Gasteiger partial charge in [0, 0.05) is 10.2 Å². The Morgan fingerprint density at radius 2 is 2.21 bits per heavy atom. The number of carbonyl (C=O) groups is 1. The quantitative estimate of drug-likeness (QED) is 0.870. The van der Waals surface area contributed by atoms with Crippen LogP contribution in [0.15, 0.2) is 39.4 Å². The molecular formula is C14H14BrNO3. The topological polar surface area (TPSA) is 51.5 Å². The molecule has 0 bridgehead atoms. The smallest absolute Gasteiger partial charge is 0.341 e. The largest absolute Gasteiger partial charge is 0.467 e. The van der Waals surface area contributed by atoms with Crippen LogP contribution in [0.3, 0.4) is 0 Å². The van der Waals surface area contributed by atoms with Gasteiger partial charge in [-0.3, -0.25) is 0 Å². The zero-order valence-electron chi connectivity index (χ0n) is 10.7. The van der Waals surface area contributed by atoms with Gasteiger partial charge in [0.05, 0.1) is 19.2 Å². The van der Waals surface area contributed by atoms with E-state index in [-0.39, 0.29) is 0 Å². The predicted molar refractivity (Wildman–Crippen MR) is 76.3 cm³/mol. The number of hydrogen-bond donors (Lipinski definition) is 1. The average molecular weight is 324 g/mol. The van der Waals surface area contributed by atoms with E-state index in [0.717, 1.165) is 10.2 Å². The van der Waals surface area contributed by atoms with Crippen molar-refractivity contribution in [3.63, 3.8) is 0 Å². The zero-order valence-corrected chi connectivity index (χ0v) is 12.3. The first-order valence-electron chi connectivity index (χ1n) is 5.76. The molecule has 1 N–H and O–H groups in total. The highest BCUT2D eigenvalue weighted by atomic mass is 79.9. The monoisotopic (exact) mass is 323 g/mol. The van der Waals surface area contributed by atoms with Crippen molar-refractivity contribution in [3.8, 4) is 0 Å². The molecular weight excluding hydrogens is 310 g/mol. The fraction of sp³-hybridized carbons (Fsp3) is 0.214. The first kappa shape index (κ1) is 13.7. The van der Waals surface area contributed by atoms with Gasteiger partial charge >= 0.3 is 5.97 Å². The van der Waals surface area contributed by atoms with Crippen molar-refractivity contribution in [2.75, 3.05) is 12.4 Å². The Morgan fingerprint density at radius 1 is 1.42 bits per heavy atom. The van der Waals surface area contributed by atoms with E-state index in [1.165, 1.54) is 18.9 Å². The number of rotatable bonds is 4. The molecule has 0 saturated heterocycles. The number of aryl methyl sites for hydroxylation is 1. The van der Waals surface area contributed by atoms with Gasteiger partial charge < -0.3 is 14.5 Å². The van der Waals surface area contributed by atoms with Crippen LogP contribution in [0, 0.1) is 6.92 Å². The van der Waals surface area contributed by atoms with Crippen molar-refractivity contribution in [3.05, 3.63) is 51.9 Å². The second-order valence-electron chi connectivity index (χ2n) is 4.11. The molecule has 2 rings (SSSR count). The summed E-state index contributed by atoms with van der Waals surface area (Å²) in [5.74, 6) is 0.283. The summed E-state index contributed by atoms with van der Waals surface area (Å²) in [6, 6.07) is 7.68. The average Bonchev–Trinajstić information content (AvgIpc) is 2.88. The molecule has 1 heterocycles. The highest BCUT2D eigenvalue weighted by molar-refractivity contribution is 9.10. The lowest BCUT2D eigenvalue weighted by molar-refractivity contribution is 0.0600. The van der Waals surface area contributed by atoms with Crippen LogP contribution in [-0.4, -0.2) is 13.1 Å². The number of benzene rings is 1. The minimum atomic E-state index is -0.395. The molecule has 0 amide bonds. The first-order chi connectivity index (χ1) is 9.10. The van der Waals surface area contributed by atoms with Crippen molar-refractivity contribution in [1.29, 1.82) is 0 Å². The molecule has 0 saturated carbocycles. The third-order valence-electron chi connectivity index (χ3n) is 2.71. The molecule has 0 fully saturated rings. The molecule has 4 nitrogen and oxygen atoms in total. The highest BCUT2D eigenvalue weighted by Gasteiger charge is 2.09. The molecule has 0 aliphatic carbocycles. The van der Waals surface area contributed by atoms with Crippen LogP contribution in [0.1, 0.15) is 21.7 Å². The van der Waals surface area contributed by atoms with E-state index in [0.29, 0.717) is 17.9 Å². The molecule has 0 spiro atoms. The van der Waals surface area contributed by atoms with Gasteiger partial charge in [0.2, 0.25) is 0 Å². The fourth-order valence-electron chi connectivity index (χ4n) is 1.59. The van der Waals surface area contributed by atoms with Gasteiger partial charge in [-0.15, -0.1) is 0 Å². The van der Waals surface area contributed by atoms with E-state index in [2.05, 4.69) is 26.0 Å². The summed E-state index contributed by atoms with van der Waals surface area (Å²) in [5.41, 5.74) is 2.58. The minimum absolute atomic E-state index is 0.395. The summed E-state index contributed by atoms with van der Waals surface area (Å²) >= 11 is 3.48. The van der Waals surface area contributed by atoms with E-state index in [1.54, 1.807) is 6.07 Å². The number of methoxy groups -OCH3 is 1. The van der Waals surface area contributed by atoms with Crippen LogP contribution in [0.2, 0.25) is 0 Å². The number of nitrogens with one attached hydrogen (secondary N) is 1. The number of ether oxygens (including phenoxy) is 1. The van der Waals surface area contributed by atoms with Crippen LogP contribution in [0.25, 0.3) is 0 Å². The molecule has 0 unspecified atom stereocenters. The van der Waals surface area contributed by atoms with E-state index >= 15 is 0 Å². The van der Waals surface area contributed by atoms with Crippen molar-refractivity contribution in [2.45, 2.75) is 13.5 Å². The molecule has 1 aromatic heterocycles. The lowest BCUT2D eigenvalue weighted by atomic mass is 10.2. The van der Waals surface area contributed by atoms with Crippen molar-refractivity contribution < 1.29 is 13.9 Å². The van der Waals surface area contributed by atoms with Gasteiger partial charge in [0.1, 0.15) is 12.0 Å². The Bertz CT molecular complexity index is 592. The maximum absolute atomic E-state index is 11.3. The normalized spacial score (nSPS) is 10.3. The zero-order chi connectivity index (χ0) is 13.8. The number of esters is 1. The van der Waals surface area contributed by atoms with Gasteiger partial charge in [-0.25, -0.2) is 4.79 Å². The maximum atomic E-state index is 11.3. The fourth-order valence-corrected chi connectivity index (χ4v) is 1.97. The van der Waals surface area contributed by atoms with Crippen LogP contribution >= 0.6 is 15.9 Å². The van der Waals surface area contributed by atoms with Crippen LogP contribution < -0.4 is 5.32 Å². The second kappa shape index (κ2) is 5.93. The SMILES string of the molecule is COC(=O)c1coc(CNc2ccc(C)c(Br)c2)c1. The second-order valence-corrected chi connectivity index (χ2v) is 4.97.